The third kappa shape index (κ3) is 4.61. The van der Waals surface area contributed by atoms with Crippen LogP contribution in [0.3, 0.4) is 0 Å². The van der Waals surface area contributed by atoms with Crippen LogP contribution in [0.4, 0.5) is 11.1 Å². The summed E-state index contributed by atoms with van der Waals surface area (Å²) < 4.78 is 0. The molecule has 2 heterocycles. The summed E-state index contributed by atoms with van der Waals surface area (Å²) in [5.74, 6) is -0.114. The van der Waals surface area contributed by atoms with Gasteiger partial charge in [-0.05, 0) is 25.1 Å². The smallest absolute Gasteiger partial charge is 0.239 e. The number of rotatable bonds is 5. The molecule has 3 aromatic rings. The van der Waals surface area contributed by atoms with Crippen LogP contribution in [0.25, 0.3) is 11.3 Å². The molecule has 134 valence electrons. The van der Waals surface area contributed by atoms with Crippen molar-refractivity contribution in [2.45, 2.75) is 17.3 Å². The molecular weight excluding hydrogens is 415 g/mol. The minimum atomic E-state index is -0.441. The zero-order chi connectivity index (χ0) is 18.7. The number of halogens is 2. The highest BCUT2D eigenvalue weighted by molar-refractivity contribution is 8.00. The van der Waals surface area contributed by atoms with Crippen LogP contribution in [0.5, 0.6) is 0 Å². The van der Waals surface area contributed by atoms with Gasteiger partial charge in [-0.15, -0.1) is 11.3 Å². The number of nitrogens with two attached hydrogens (primary N) is 1. The molecule has 0 aliphatic carbocycles. The van der Waals surface area contributed by atoms with Gasteiger partial charge >= 0.3 is 0 Å². The third-order valence-corrected chi connectivity index (χ3v) is 5.44. The molecule has 26 heavy (non-hydrogen) atoms. The summed E-state index contributed by atoms with van der Waals surface area (Å²) >= 11 is 14.6. The summed E-state index contributed by atoms with van der Waals surface area (Å²) in [6.45, 7) is 1.74. The van der Waals surface area contributed by atoms with Crippen LogP contribution >= 0.6 is 46.3 Å². The Morgan fingerprint density at radius 1 is 1.31 bits per heavy atom. The number of aromatic nitrogens is 4. The van der Waals surface area contributed by atoms with Crippen LogP contribution in [0.1, 0.15) is 6.92 Å². The molecule has 1 atom stereocenters. The zero-order valence-electron chi connectivity index (χ0n) is 13.3. The number of nitrogens with one attached hydrogen (secondary N) is 1. The lowest BCUT2D eigenvalue weighted by Crippen LogP contribution is -2.22. The lowest BCUT2D eigenvalue weighted by Gasteiger charge is -2.09. The van der Waals surface area contributed by atoms with Crippen molar-refractivity contribution in [3.8, 4) is 11.3 Å². The third-order valence-electron chi connectivity index (χ3n) is 3.16. The van der Waals surface area contributed by atoms with Gasteiger partial charge in [-0.2, -0.15) is 4.98 Å². The standard InChI is InChI=1S/C15H12Cl2N6OS2/c1-7(26-14-20-6-19-13(18)23-14)12(24)22-15-21-11(5-25-15)9-3-2-8(16)4-10(9)17/h2-7H,1H3,(H,21,22,24)(H2,18,19,20,23). The van der Waals surface area contributed by atoms with Crippen LogP contribution in [0.15, 0.2) is 35.1 Å². The Morgan fingerprint density at radius 3 is 2.85 bits per heavy atom. The van der Waals surface area contributed by atoms with E-state index < -0.39 is 5.25 Å². The summed E-state index contributed by atoms with van der Waals surface area (Å²) in [5.41, 5.74) is 6.92. The van der Waals surface area contributed by atoms with Crippen molar-refractivity contribution in [3.63, 3.8) is 0 Å². The average Bonchev–Trinajstić information content (AvgIpc) is 3.03. The topological polar surface area (TPSA) is 107 Å². The second-order valence-corrected chi connectivity index (χ2v) is 8.05. The van der Waals surface area contributed by atoms with Gasteiger partial charge in [0.2, 0.25) is 11.9 Å². The lowest BCUT2D eigenvalue weighted by atomic mass is 10.2. The van der Waals surface area contributed by atoms with Gasteiger partial charge in [-0.1, -0.05) is 35.0 Å². The fraction of sp³-hybridized carbons (Fsp3) is 0.133. The lowest BCUT2D eigenvalue weighted by molar-refractivity contribution is -0.115. The summed E-state index contributed by atoms with van der Waals surface area (Å²) in [4.78, 5) is 28.4. The molecule has 3 rings (SSSR count). The number of thiazole rings is 1. The number of hydrogen-bond donors (Lipinski definition) is 2. The van der Waals surface area contributed by atoms with Gasteiger partial charge in [0.05, 0.1) is 16.0 Å². The first-order valence-corrected chi connectivity index (χ1v) is 9.77. The Balaban J connectivity index is 1.67. The molecular formula is C15H12Cl2N6OS2. The first kappa shape index (κ1) is 18.8. The predicted molar refractivity (Wildman–Crippen MR) is 106 cm³/mol. The number of hydrogen-bond acceptors (Lipinski definition) is 8. The maximum absolute atomic E-state index is 12.3. The number of carbonyl (C=O) groups is 1. The minimum Gasteiger partial charge on any atom is -0.368 e. The Morgan fingerprint density at radius 2 is 2.12 bits per heavy atom. The number of carbonyl (C=O) groups excluding carboxylic acids is 1. The minimum absolute atomic E-state index is 0.111. The first-order valence-electron chi connectivity index (χ1n) is 7.25. The van der Waals surface area contributed by atoms with Gasteiger partial charge in [0.25, 0.3) is 0 Å². The molecule has 1 unspecified atom stereocenters. The molecule has 7 nitrogen and oxygen atoms in total. The van der Waals surface area contributed by atoms with Crippen LogP contribution in [-0.4, -0.2) is 31.1 Å². The van der Waals surface area contributed by atoms with E-state index >= 15 is 0 Å². The SMILES string of the molecule is CC(Sc1ncnc(N)n1)C(=O)Nc1nc(-c2ccc(Cl)cc2Cl)cs1. The van der Waals surface area contributed by atoms with Crippen molar-refractivity contribution >= 4 is 63.3 Å². The number of benzene rings is 1. The first-order chi connectivity index (χ1) is 12.4. The number of anilines is 2. The van der Waals surface area contributed by atoms with E-state index in [1.807, 2.05) is 5.38 Å². The summed E-state index contributed by atoms with van der Waals surface area (Å²) in [6, 6.07) is 5.17. The van der Waals surface area contributed by atoms with Crippen molar-refractivity contribution < 1.29 is 4.79 Å². The Labute approximate surface area is 167 Å². The highest BCUT2D eigenvalue weighted by Crippen LogP contribution is 2.32. The molecule has 1 aromatic carbocycles. The Bertz CT molecular complexity index is 951. The summed E-state index contributed by atoms with van der Waals surface area (Å²) in [6.07, 6.45) is 1.30. The normalized spacial score (nSPS) is 12.0. The molecule has 0 aliphatic heterocycles. The average molecular weight is 427 g/mol. The van der Waals surface area contributed by atoms with Crippen LogP contribution in [-0.2, 0) is 4.79 Å². The van der Waals surface area contributed by atoms with E-state index in [4.69, 9.17) is 28.9 Å². The molecule has 1 amide bonds. The van der Waals surface area contributed by atoms with E-state index in [0.717, 1.165) is 5.56 Å². The van der Waals surface area contributed by atoms with Gasteiger partial charge < -0.3 is 11.1 Å². The van der Waals surface area contributed by atoms with Crippen LogP contribution < -0.4 is 11.1 Å². The van der Waals surface area contributed by atoms with Gasteiger partial charge in [0.15, 0.2) is 10.3 Å². The highest BCUT2D eigenvalue weighted by Gasteiger charge is 2.18. The molecule has 0 saturated carbocycles. The van der Waals surface area contributed by atoms with Crippen LogP contribution in [0.2, 0.25) is 10.0 Å². The summed E-state index contributed by atoms with van der Waals surface area (Å²) in [7, 11) is 0. The monoisotopic (exact) mass is 426 g/mol. The number of nitrogens with zero attached hydrogens (tertiary/aromatic N) is 4. The molecule has 0 fully saturated rings. The Kier molecular flexibility index (Phi) is 5.92. The number of amides is 1. The van der Waals surface area contributed by atoms with Gasteiger partial charge in [0, 0.05) is 16.0 Å². The van der Waals surface area contributed by atoms with Gasteiger partial charge in [0.1, 0.15) is 6.33 Å². The highest BCUT2D eigenvalue weighted by atomic mass is 35.5. The van der Waals surface area contributed by atoms with Crippen LogP contribution in [0, 0.1) is 0 Å². The fourth-order valence-electron chi connectivity index (χ4n) is 1.92. The molecule has 0 aliphatic rings. The second kappa shape index (κ2) is 8.17. The predicted octanol–water partition coefficient (Wildman–Crippen LogP) is 4.00. The number of thioether (sulfide) groups is 1. The number of nitrogen functional groups attached to an aromatic ring is 1. The molecule has 11 heteroatoms. The molecule has 3 N–H and O–H groups in total. The van der Waals surface area contributed by atoms with E-state index in [2.05, 4.69) is 25.3 Å². The van der Waals surface area contributed by atoms with Gasteiger partial charge in [-0.25, -0.2) is 15.0 Å². The largest absolute Gasteiger partial charge is 0.368 e. The van der Waals surface area contributed by atoms with E-state index in [1.54, 1.807) is 25.1 Å². The van der Waals surface area contributed by atoms with E-state index in [1.165, 1.54) is 29.4 Å². The van der Waals surface area contributed by atoms with Crippen molar-refractivity contribution in [2.75, 3.05) is 11.1 Å². The Hall–Kier alpha value is -1.94. The molecule has 0 bridgehead atoms. The van der Waals surface area contributed by atoms with Crippen molar-refractivity contribution in [3.05, 3.63) is 40.0 Å². The molecule has 2 aromatic heterocycles. The van der Waals surface area contributed by atoms with E-state index in [9.17, 15) is 4.79 Å². The summed E-state index contributed by atoms with van der Waals surface area (Å²) in [5, 5.41) is 6.05. The maximum atomic E-state index is 12.3. The molecule has 0 saturated heterocycles. The fourth-order valence-corrected chi connectivity index (χ4v) is 3.88. The second-order valence-electron chi connectivity index (χ2n) is 5.04. The van der Waals surface area contributed by atoms with E-state index in [-0.39, 0.29) is 11.9 Å². The van der Waals surface area contributed by atoms with Crippen molar-refractivity contribution in [2.24, 2.45) is 0 Å². The zero-order valence-corrected chi connectivity index (χ0v) is 16.5. The van der Waals surface area contributed by atoms with E-state index in [0.29, 0.717) is 26.0 Å². The molecule has 0 radical (unpaired) electrons. The van der Waals surface area contributed by atoms with Crippen molar-refractivity contribution in [1.29, 1.82) is 0 Å². The molecule has 0 spiro atoms. The van der Waals surface area contributed by atoms with Crippen molar-refractivity contribution in [1.82, 2.24) is 19.9 Å². The maximum Gasteiger partial charge on any atom is 0.239 e. The quantitative estimate of drug-likeness (QED) is 0.593. The van der Waals surface area contributed by atoms with Gasteiger partial charge in [-0.3, -0.25) is 4.79 Å².